The van der Waals surface area contributed by atoms with Crippen molar-refractivity contribution in [3.63, 3.8) is 0 Å². The number of urea groups is 1. The molecule has 6 nitrogen and oxygen atoms in total. The summed E-state index contributed by atoms with van der Waals surface area (Å²) in [6.07, 6.45) is 0. The van der Waals surface area contributed by atoms with Crippen LogP contribution in [0.3, 0.4) is 0 Å². The van der Waals surface area contributed by atoms with E-state index in [1.165, 1.54) is 0 Å². The minimum atomic E-state index is -0.372. The lowest BCUT2D eigenvalue weighted by atomic mass is 10.1. The number of hydrogen-bond donors (Lipinski definition) is 3. The van der Waals surface area contributed by atoms with Gasteiger partial charge in [-0.15, -0.1) is 0 Å². The highest BCUT2D eigenvalue weighted by atomic mass is 35.5. The number of carbonyl (C=O) groups is 2. The van der Waals surface area contributed by atoms with Crippen molar-refractivity contribution >= 4 is 29.2 Å². The molecule has 0 atom stereocenters. The molecular weight excluding hydrogens is 366 g/mol. The van der Waals surface area contributed by atoms with Gasteiger partial charge < -0.3 is 20.7 Å². The van der Waals surface area contributed by atoms with Crippen molar-refractivity contribution in [3.05, 3.63) is 59.1 Å². The molecule has 0 spiro atoms. The number of anilines is 1. The molecule has 3 amide bonds. The maximum absolute atomic E-state index is 12.2. The van der Waals surface area contributed by atoms with Crippen LogP contribution in [0, 0.1) is 0 Å². The molecule has 0 aromatic heterocycles. The summed E-state index contributed by atoms with van der Waals surface area (Å²) in [5.74, 6) is 0.488. The number of benzene rings is 2. The van der Waals surface area contributed by atoms with Crippen LogP contribution in [-0.2, 0) is 0 Å². The molecule has 0 aliphatic carbocycles. The normalized spacial score (nSPS) is 10.8. The Morgan fingerprint density at radius 1 is 1.07 bits per heavy atom. The molecule has 144 valence electrons. The summed E-state index contributed by atoms with van der Waals surface area (Å²) in [5.41, 5.74) is 0.684. The van der Waals surface area contributed by atoms with Gasteiger partial charge in [-0.05, 0) is 63.2 Å². The zero-order valence-electron chi connectivity index (χ0n) is 15.6. The van der Waals surface area contributed by atoms with Crippen LogP contribution in [0.1, 0.15) is 31.1 Å². The summed E-state index contributed by atoms with van der Waals surface area (Å²) < 4.78 is 5.50. The van der Waals surface area contributed by atoms with E-state index >= 15 is 0 Å². The van der Waals surface area contributed by atoms with E-state index in [4.69, 9.17) is 16.3 Å². The van der Waals surface area contributed by atoms with Crippen LogP contribution in [-0.4, -0.2) is 30.6 Å². The molecule has 0 saturated heterocycles. The second-order valence-electron chi connectivity index (χ2n) is 6.97. The van der Waals surface area contributed by atoms with Gasteiger partial charge in [0.1, 0.15) is 12.4 Å². The van der Waals surface area contributed by atoms with Gasteiger partial charge in [0.2, 0.25) is 0 Å². The molecular formula is C20H24ClN3O3. The van der Waals surface area contributed by atoms with Gasteiger partial charge in [0.25, 0.3) is 5.91 Å². The second-order valence-corrected chi connectivity index (χ2v) is 7.40. The minimum absolute atomic E-state index is 0.192. The van der Waals surface area contributed by atoms with Crippen LogP contribution < -0.4 is 20.7 Å². The van der Waals surface area contributed by atoms with E-state index < -0.39 is 0 Å². The molecule has 0 heterocycles. The number of carbonyl (C=O) groups excluding carboxylic acids is 2. The van der Waals surface area contributed by atoms with Crippen molar-refractivity contribution in [2.45, 2.75) is 26.3 Å². The molecule has 3 N–H and O–H groups in total. The van der Waals surface area contributed by atoms with E-state index in [0.29, 0.717) is 35.2 Å². The Kier molecular flexibility index (Phi) is 7.07. The Hall–Kier alpha value is -2.73. The van der Waals surface area contributed by atoms with Crippen molar-refractivity contribution in [3.8, 4) is 5.75 Å². The number of rotatable bonds is 6. The van der Waals surface area contributed by atoms with Crippen molar-refractivity contribution in [2.24, 2.45) is 0 Å². The minimum Gasteiger partial charge on any atom is -0.492 e. The van der Waals surface area contributed by atoms with E-state index in [0.717, 1.165) is 0 Å². The first-order valence-corrected chi connectivity index (χ1v) is 8.96. The third-order valence-electron chi connectivity index (χ3n) is 3.34. The van der Waals surface area contributed by atoms with Crippen LogP contribution in [0.4, 0.5) is 10.5 Å². The van der Waals surface area contributed by atoms with Gasteiger partial charge in [-0.25, -0.2) is 4.79 Å². The van der Waals surface area contributed by atoms with Gasteiger partial charge in [0, 0.05) is 21.8 Å². The van der Waals surface area contributed by atoms with E-state index in [1.54, 1.807) is 48.5 Å². The lowest BCUT2D eigenvalue weighted by Crippen LogP contribution is -2.40. The van der Waals surface area contributed by atoms with Crippen LogP contribution in [0.2, 0.25) is 5.02 Å². The van der Waals surface area contributed by atoms with Crippen molar-refractivity contribution in [2.75, 3.05) is 18.5 Å². The highest BCUT2D eigenvalue weighted by Crippen LogP contribution is 2.15. The molecule has 0 aliphatic heterocycles. The SMILES string of the molecule is CC(C)(C)NC(=O)c1cccc(NC(=O)NCCOc2ccc(Cl)cc2)c1. The topological polar surface area (TPSA) is 79.5 Å². The van der Waals surface area contributed by atoms with Crippen LogP contribution in [0.5, 0.6) is 5.75 Å². The number of ether oxygens (including phenoxy) is 1. The highest BCUT2D eigenvalue weighted by molar-refractivity contribution is 6.30. The lowest BCUT2D eigenvalue weighted by molar-refractivity contribution is 0.0919. The standard InChI is InChI=1S/C20H24ClN3O3/c1-20(2,3)24-18(25)14-5-4-6-16(13-14)23-19(26)22-11-12-27-17-9-7-15(21)8-10-17/h4-10,13H,11-12H2,1-3H3,(H,24,25)(H2,22,23,26). The van der Waals surface area contributed by atoms with Crippen LogP contribution >= 0.6 is 11.6 Å². The van der Waals surface area contributed by atoms with E-state index in [1.807, 2.05) is 20.8 Å². The summed E-state index contributed by atoms with van der Waals surface area (Å²) in [5, 5.41) is 8.92. The fourth-order valence-electron chi connectivity index (χ4n) is 2.19. The van der Waals surface area contributed by atoms with Crippen LogP contribution in [0.15, 0.2) is 48.5 Å². The van der Waals surface area contributed by atoms with Gasteiger partial charge in [-0.3, -0.25) is 4.79 Å². The quantitative estimate of drug-likeness (QED) is 0.651. The fourth-order valence-corrected chi connectivity index (χ4v) is 2.32. The zero-order valence-corrected chi connectivity index (χ0v) is 16.4. The predicted octanol–water partition coefficient (Wildman–Crippen LogP) is 4.07. The maximum atomic E-state index is 12.2. The van der Waals surface area contributed by atoms with Gasteiger partial charge in [-0.1, -0.05) is 17.7 Å². The first-order chi connectivity index (χ1) is 12.7. The third kappa shape index (κ3) is 7.58. The number of halogens is 1. The summed E-state index contributed by atoms with van der Waals surface area (Å²) in [6, 6.07) is 13.4. The summed E-state index contributed by atoms with van der Waals surface area (Å²) in [4.78, 5) is 24.2. The van der Waals surface area contributed by atoms with Crippen molar-refractivity contribution in [1.29, 1.82) is 0 Å². The van der Waals surface area contributed by atoms with Gasteiger partial charge in [-0.2, -0.15) is 0 Å². The first-order valence-electron chi connectivity index (χ1n) is 8.59. The maximum Gasteiger partial charge on any atom is 0.319 e. The lowest BCUT2D eigenvalue weighted by Gasteiger charge is -2.20. The Morgan fingerprint density at radius 3 is 2.44 bits per heavy atom. The second kappa shape index (κ2) is 9.28. The Labute approximate surface area is 164 Å². The Bertz CT molecular complexity index is 786. The fraction of sp³-hybridized carbons (Fsp3) is 0.300. The molecule has 2 rings (SSSR count). The average molecular weight is 390 g/mol. The average Bonchev–Trinajstić information content (AvgIpc) is 2.59. The Balaban J connectivity index is 1.79. The predicted molar refractivity (Wildman–Crippen MR) is 108 cm³/mol. The molecule has 0 bridgehead atoms. The molecule has 0 saturated carbocycles. The van der Waals surface area contributed by atoms with E-state index in [-0.39, 0.29) is 17.5 Å². The summed E-state index contributed by atoms with van der Waals surface area (Å²) in [6.45, 7) is 6.38. The first kappa shape index (κ1) is 20.6. The molecule has 0 radical (unpaired) electrons. The van der Waals surface area contributed by atoms with Crippen LogP contribution in [0.25, 0.3) is 0 Å². The third-order valence-corrected chi connectivity index (χ3v) is 3.59. The summed E-state index contributed by atoms with van der Waals surface area (Å²) >= 11 is 5.81. The molecule has 2 aromatic rings. The van der Waals surface area contributed by atoms with Crippen molar-refractivity contribution < 1.29 is 14.3 Å². The largest absolute Gasteiger partial charge is 0.492 e. The Morgan fingerprint density at radius 2 is 1.78 bits per heavy atom. The zero-order chi connectivity index (χ0) is 19.9. The van der Waals surface area contributed by atoms with Gasteiger partial charge in [0.15, 0.2) is 0 Å². The molecule has 2 aromatic carbocycles. The van der Waals surface area contributed by atoms with E-state index in [2.05, 4.69) is 16.0 Å². The number of hydrogen-bond acceptors (Lipinski definition) is 3. The highest BCUT2D eigenvalue weighted by Gasteiger charge is 2.15. The molecule has 27 heavy (non-hydrogen) atoms. The molecule has 0 unspecified atom stereocenters. The number of amides is 3. The monoisotopic (exact) mass is 389 g/mol. The summed E-state index contributed by atoms with van der Waals surface area (Å²) in [7, 11) is 0. The van der Waals surface area contributed by atoms with Gasteiger partial charge >= 0.3 is 6.03 Å². The van der Waals surface area contributed by atoms with E-state index in [9.17, 15) is 9.59 Å². The van der Waals surface area contributed by atoms with Gasteiger partial charge in [0.05, 0.1) is 6.54 Å². The number of nitrogens with one attached hydrogen (secondary N) is 3. The smallest absolute Gasteiger partial charge is 0.319 e. The molecule has 0 fully saturated rings. The van der Waals surface area contributed by atoms with Crippen molar-refractivity contribution in [1.82, 2.24) is 10.6 Å². The molecule has 0 aliphatic rings. The molecule has 7 heteroatoms.